The number of ketones is 1. The largest absolute Gasteiger partial charge is 0.425 e. The lowest BCUT2D eigenvalue weighted by atomic mass is 9.72. The van der Waals surface area contributed by atoms with Crippen LogP contribution < -0.4 is 5.32 Å². The number of allylic oxidation sites excluding steroid dienone is 1. The van der Waals surface area contributed by atoms with Crippen molar-refractivity contribution in [3.8, 4) is 0 Å². The van der Waals surface area contributed by atoms with Gasteiger partial charge in [0.15, 0.2) is 5.78 Å². The number of Topliss-reactive ketones (excluding diaryl/α,β-unsaturated/α-hetero) is 1. The molecule has 1 N–H and O–H groups in total. The second-order valence-electron chi connectivity index (χ2n) is 9.91. The van der Waals surface area contributed by atoms with Gasteiger partial charge in [0.25, 0.3) is 11.8 Å². The number of carbonyl (C=O) groups excluding carboxylic acids is 3. The summed E-state index contributed by atoms with van der Waals surface area (Å²) >= 11 is 0. The van der Waals surface area contributed by atoms with Crippen molar-refractivity contribution in [2.75, 3.05) is 0 Å². The minimum absolute atomic E-state index is 0.0410. The summed E-state index contributed by atoms with van der Waals surface area (Å²) in [4.78, 5) is 40.8. The Labute approximate surface area is 189 Å². The molecule has 4 rings (SSSR count). The third-order valence-electron chi connectivity index (χ3n) is 6.84. The average Bonchev–Trinajstić information content (AvgIpc) is 2.96. The van der Waals surface area contributed by atoms with Gasteiger partial charge in [-0.2, -0.15) is 13.2 Å². The first kappa shape index (κ1) is 23.4. The van der Waals surface area contributed by atoms with Crippen molar-refractivity contribution < 1.29 is 31.9 Å². The van der Waals surface area contributed by atoms with Crippen molar-refractivity contribution in [1.82, 2.24) is 10.2 Å². The van der Waals surface area contributed by atoms with Gasteiger partial charge in [-0.3, -0.25) is 14.4 Å². The Morgan fingerprint density at radius 3 is 2.30 bits per heavy atom. The number of halogens is 4. The van der Waals surface area contributed by atoms with Crippen LogP contribution in [0.1, 0.15) is 69.2 Å². The van der Waals surface area contributed by atoms with Crippen molar-refractivity contribution in [3.05, 3.63) is 46.9 Å². The average molecular weight is 466 g/mol. The molecule has 9 heteroatoms. The molecule has 2 amide bonds. The second-order valence-corrected chi connectivity index (χ2v) is 9.91. The highest BCUT2D eigenvalue weighted by Gasteiger charge is 2.72. The predicted molar refractivity (Wildman–Crippen MR) is 111 cm³/mol. The van der Waals surface area contributed by atoms with Gasteiger partial charge in [0.05, 0.1) is 11.1 Å². The van der Waals surface area contributed by atoms with Crippen LogP contribution in [-0.2, 0) is 9.59 Å². The van der Waals surface area contributed by atoms with Gasteiger partial charge >= 0.3 is 6.18 Å². The minimum Gasteiger partial charge on any atom is -0.326 e. The van der Waals surface area contributed by atoms with E-state index >= 15 is 0 Å². The maximum absolute atomic E-state index is 14.8. The van der Waals surface area contributed by atoms with Gasteiger partial charge in [-0.25, -0.2) is 4.39 Å². The lowest BCUT2D eigenvalue weighted by molar-refractivity contribution is -0.191. The first-order chi connectivity index (χ1) is 15.4. The van der Waals surface area contributed by atoms with Crippen molar-refractivity contribution >= 4 is 17.6 Å². The molecule has 0 spiro atoms. The molecule has 2 aliphatic carbocycles. The van der Waals surface area contributed by atoms with Crippen LogP contribution in [0.15, 0.2) is 35.5 Å². The van der Waals surface area contributed by atoms with Crippen LogP contribution in [-0.4, -0.2) is 40.3 Å². The molecule has 1 aliphatic heterocycles. The summed E-state index contributed by atoms with van der Waals surface area (Å²) in [7, 11) is 0. The van der Waals surface area contributed by atoms with Gasteiger partial charge < -0.3 is 10.2 Å². The second kappa shape index (κ2) is 7.95. The molecule has 0 radical (unpaired) electrons. The molecule has 1 atom stereocenters. The Morgan fingerprint density at radius 2 is 1.70 bits per heavy atom. The van der Waals surface area contributed by atoms with Crippen molar-refractivity contribution in [3.63, 3.8) is 0 Å². The molecule has 1 aromatic rings. The number of amides is 2. The first-order valence-corrected chi connectivity index (χ1v) is 11.1. The summed E-state index contributed by atoms with van der Waals surface area (Å²) < 4.78 is 58.5. The molecule has 33 heavy (non-hydrogen) atoms. The maximum atomic E-state index is 14.8. The summed E-state index contributed by atoms with van der Waals surface area (Å²) in [5.74, 6) is -4.61. The van der Waals surface area contributed by atoms with E-state index in [0.717, 1.165) is 36.3 Å². The van der Waals surface area contributed by atoms with Gasteiger partial charge in [0.1, 0.15) is 5.82 Å². The van der Waals surface area contributed by atoms with Crippen LogP contribution in [0.25, 0.3) is 0 Å². The molecule has 1 heterocycles. The van der Waals surface area contributed by atoms with Crippen LogP contribution in [0.5, 0.6) is 0 Å². The van der Waals surface area contributed by atoms with E-state index in [2.05, 4.69) is 0 Å². The molecule has 3 aliphatic rings. The summed E-state index contributed by atoms with van der Waals surface area (Å²) in [6.07, 6.45) is -1.91. The van der Waals surface area contributed by atoms with Crippen molar-refractivity contribution in [1.29, 1.82) is 0 Å². The van der Waals surface area contributed by atoms with Crippen LogP contribution in [0.2, 0.25) is 0 Å². The Kier molecular flexibility index (Phi) is 5.65. The number of hydrogen-bond acceptors (Lipinski definition) is 3. The van der Waals surface area contributed by atoms with E-state index in [1.54, 1.807) is 19.2 Å². The molecule has 0 bridgehead atoms. The van der Waals surface area contributed by atoms with E-state index in [0.29, 0.717) is 12.8 Å². The standard InChI is InChI=1S/C24H26F4N2O3/c1-22(2)12-17-19(18(31)13-22)23(24(26,27)28,21(33)30(17)14-8-4-3-5-9-14)29-20(32)15-10-6-7-11-16(15)25/h6-7,10-11,14H,3-5,8-9,12-13H2,1-2H3,(H,29,32)/t23-/m0/s1. The van der Waals surface area contributed by atoms with Crippen LogP contribution >= 0.6 is 0 Å². The van der Waals surface area contributed by atoms with Gasteiger partial charge in [0.2, 0.25) is 5.54 Å². The van der Waals surface area contributed by atoms with Crippen molar-refractivity contribution in [2.45, 2.75) is 76.6 Å². The van der Waals surface area contributed by atoms with Gasteiger partial charge in [-0.1, -0.05) is 45.2 Å². The fourth-order valence-electron chi connectivity index (χ4n) is 5.39. The quantitative estimate of drug-likeness (QED) is 0.659. The molecule has 0 aromatic heterocycles. The molecule has 0 unspecified atom stereocenters. The van der Waals surface area contributed by atoms with Gasteiger partial charge in [0, 0.05) is 18.2 Å². The normalized spacial score (nSPS) is 25.9. The fourth-order valence-corrected chi connectivity index (χ4v) is 5.39. The molecule has 5 nitrogen and oxygen atoms in total. The predicted octanol–water partition coefficient (Wildman–Crippen LogP) is 4.67. The van der Waals surface area contributed by atoms with Crippen LogP contribution in [0.4, 0.5) is 17.6 Å². The number of rotatable bonds is 3. The highest BCUT2D eigenvalue weighted by atomic mass is 19.4. The van der Waals surface area contributed by atoms with Gasteiger partial charge in [-0.15, -0.1) is 0 Å². The van der Waals surface area contributed by atoms with Gasteiger partial charge in [-0.05, 0) is 36.8 Å². The number of hydrogen-bond donors (Lipinski definition) is 1. The number of alkyl halides is 3. The van der Waals surface area contributed by atoms with E-state index in [1.807, 2.05) is 0 Å². The Bertz CT molecular complexity index is 1040. The SMILES string of the molecule is CC1(C)CC(=O)C2=C(C1)N(C1CCCCC1)C(=O)[C@]2(NC(=O)c1ccccc1F)C(F)(F)F. The fraction of sp³-hybridized carbons (Fsp3) is 0.542. The molecular weight excluding hydrogens is 440 g/mol. The minimum atomic E-state index is -5.30. The zero-order valence-corrected chi connectivity index (χ0v) is 18.5. The Morgan fingerprint density at radius 1 is 1.06 bits per heavy atom. The Balaban J connectivity index is 1.89. The zero-order valence-electron chi connectivity index (χ0n) is 18.5. The molecule has 1 aromatic carbocycles. The van der Waals surface area contributed by atoms with E-state index < -0.39 is 57.7 Å². The van der Waals surface area contributed by atoms with E-state index in [-0.39, 0.29) is 18.5 Å². The smallest absolute Gasteiger partial charge is 0.326 e. The summed E-state index contributed by atoms with van der Waals surface area (Å²) in [5.41, 5.74) is -5.47. The maximum Gasteiger partial charge on any atom is 0.425 e. The molecular formula is C24H26F4N2O3. The zero-order chi connectivity index (χ0) is 24.2. The van der Waals surface area contributed by atoms with Crippen LogP contribution in [0.3, 0.4) is 0 Å². The Hall–Kier alpha value is -2.71. The lowest BCUT2D eigenvalue weighted by Gasteiger charge is -2.37. The van der Waals surface area contributed by atoms with Crippen LogP contribution in [0, 0.1) is 11.2 Å². The third-order valence-corrected chi connectivity index (χ3v) is 6.84. The number of nitrogens with zero attached hydrogens (tertiary/aromatic N) is 1. The topological polar surface area (TPSA) is 66.5 Å². The summed E-state index contributed by atoms with van der Waals surface area (Å²) in [5, 5.41) is 1.79. The molecule has 1 fully saturated rings. The third kappa shape index (κ3) is 3.75. The summed E-state index contributed by atoms with van der Waals surface area (Å²) in [6.45, 7) is 3.54. The molecule has 0 saturated heterocycles. The van der Waals surface area contributed by atoms with E-state index in [9.17, 15) is 31.9 Å². The molecule has 178 valence electrons. The highest BCUT2D eigenvalue weighted by molar-refractivity contribution is 6.14. The van der Waals surface area contributed by atoms with E-state index in [4.69, 9.17) is 0 Å². The van der Waals surface area contributed by atoms with Crippen molar-refractivity contribution in [2.24, 2.45) is 5.41 Å². The number of carbonyl (C=O) groups is 3. The highest BCUT2D eigenvalue weighted by Crippen LogP contribution is 2.53. The van der Waals surface area contributed by atoms with E-state index in [1.165, 1.54) is 12.1 Å². The molecule has 1 saturated carbocycles. The monoisotopic (exact) mass is 466 g/mol. The number of nitrogens with one attached hydrogen (secondary N) is 1. The first-order valence-electron chi connectivity index (χ1n) is 11.1. The number of benzene rings is 1. The lowest BCUT2D eigenvalue weighted by Crippen LogP contribution is -2.66. The summed E-state index contributed by atoms with van der Waals surface area (Å²) in [6, 6.07) is 4.10.